The number of ether oxygens (including phenoxy) is 1. The fourth-order valence-electron chi connectivity index (χ4n) is 3.18. The number of sulfonamides is 1. The van der Waals surface area contributed by atoms with Gasteiger partial charge < -0.3 is 15.0 Å². The Morgan fingerprint density at radius 3 is 2.38 bits per heavy atom. The monoisotopic (exact) mass is 445 g/mol. The van der Waals surface area contributed by atoms with E-state index in [1.165, 1.54) is 6.26 Å². The zero-order valence-electron chi connectivity index (χ0n) is 17.6. The summed E-state index contributed by atoms with van der Waals surface area (Å²) >= 11 is 5.88. The van der Waals surface area contributed by atoms with Crippen molar-refractivity contribution in [1.29, 1.82) is 0 Å². The summed E-state index contributed by atoms with van der Waals surface area (Å²) in [5.41, 5.74) is -0.607. The second kappa shape index (κ2) is 10.5. The summed E-state index contributed by atoms with van der Waals surface area (Å²) < 4.78 is 31.4. The molecule has 0 atom stereocenters. The second-order valence-corrected chi connectivity index (χ2v) is 9.97. The Hall–Kier alpha value is -1.55. The number of halogens is 1. The molecule has 1 aromatic carbocycles. The Morgan fingerprint density at radius 1 is 1.21 bits per heavy atom. The van der Waals surface area contributed by atoms with E-state index in [4.69, 9.17) is 16.3 Å². The highest BCUT2D eigenvalue weighted by Crippen LogP contribution is 2.15. The van der Waals surface area contributed by atoms with Crippen LogP contribution in [0.5, 0.6) is 5.75 Å². The predicted octanol–water partition coefficient (Wildman–Crippen LogP) is 1.24. The van der Waals surface area contributed by atoms with Gasteiger partial charge in [-0.05, 0) is 38.1 Å². The van der Waals surface area contributed by atoms with Crippen molar-refractivity contribution in [3.63, 3.8) is 0 Å². The molecule has 1 fully saturated rings. The van der Waals surface area contributed by atoms with Crippen LogP contribution in [0.3, 0.4) is 0 Å². The van der Waals surface area contributed by atoms with Gasteiger partial charge in [-0.2, -0.15) is 0 Å². The van der Waals surface area contributed by atoms with Crippen molar-refractivity contribution < 1.29 is 13.2 Å². The molecule has 0 bridgehead atoms. The smallest absolute Gasteiger partial charge is 0.209 e. The molecule has 1 aliphatic rings. The van der Waals surface area contributed by atoms with E-state index >= 15 is 0 Å². The van der Waals surface area contributed by atoms with Crippen LogP contribution >= 0.6 is 11.6 Å². The molecule has 0 amide bonds. The van der Waals surface area contributed by atoms with Crippen LogP contribution in [0.4, 0.5) is 0 Å². The molecule has 1 aliphatic heterocycles. The number of rotatable bonds is 8. The molecule has 0 radical (unpaired) electrons. The van der Waals surface area contributed by atoms with Gasteiger partial charge in [0, 0.05) is 56.9 Å². The third-order valence-corrected chi connectivity index (χ3v) is 5.70. The quantitative estimate of drug-likeness (QED) is 0.462. The summed E-state index contributed by atoms with van der Waals surface area (Å²) in [6.07, 6.45) is 1.17. The van der Waals surface area contributed by atoms with Gasteiger partial charge in [-0.1, -0.05) is 11.6 Å². The van der Waals surface area contributed by atoms with Gasteiger partial charge in [0.15, 0.2) is 5.96 Å². The molecular formula is C19H32ClN5O3S. The zero-order valence-corrected chi connectivity index (χ0v) is 19.2. The molecule has 0 unspecified atom stereocenters. The van der Waals surface area contributed by atoms with Gasteiger partial charge in [-0.25, -0.2) is 13.1 Å². The van der Waals surface area contributed by atoms with Crippen molar-refractivity contribution in [2.75, 3.05) is 59.2 Å². The van der Waals surface area contributed by atoms with Crippen LogP contribution in [0.1, 0.15) is 13.8 Å². The number of piperazine rings is 1. The van der Waals surface area contributed by atoms with Crippen LogP contribution < -0.4 is 14.8 Å². The summed E-state index contributed by atoms with van der Waals surface area (Å²) in [7, 11) is -1.53. The highest BCUT2D eigenvalue weighted by atomic mass is 35.5. The summed E-state index contributed by atoms with van der Waals surface area (Å²) in [5, 5.41) is 3.98. The number of benzene rings is 1. The first-order valence-corrected chi connectivity index (χ1v) is 11.9. The van der Waals surface area contributed by atoms with Crippen LogP contribution in [0, 0.1) is 0 Å². The SMILES string of the molecule is CN=C(NCC(C)(C)NS(C)(=O)=O)N1CCN(CCOc2ccc(Cl)cc2)CC1. The molecule has 1 saturated heterocycles. The molecule has 29 heavy (non-hydrogen) atoms. The molecule has 10 heteroatoms. The molecule has 0 saturated carbocycles. The number of nitrogens with one attached hydrogen (secondary N) is 2. The highest BCUT2D eigenvalue weighted by Gasteiger charge is 2.24. The van der Waals surface area contributed by atoms with Gasteiger partial charge in [-0.15, -0.1) is 0 Å². The zero-order chi connectivity index (χ0) is 21.5. The normalized spacial score (nSPS) is 16.7. The topological polar surface area (TPSA) is 86.3 Å². The van der Waals surface area contributed by atoms with Crippen LogP contribution in [-0.4, -0.2) is 88.9 Å². The standard InChI is InChI=1S/C19H32ClN5O3S/c1-19(2,23-29(4,26)27)15-22-18(21-3)25-11-9-24(10-12-25)13-14-28-17-7-5-16(20)6-8-17/h5-8,23H,9-15H2,1-4H3,(H,21,22). The fraction of sp³-hybridized carbons (Fsp3) is 0.632. The first kappa shape index (κ1) is 23.7. The number of nitrogens with zero attached hydrogens (tertiary/aromatic N) is 3. The molecule has 0 aromatic heterocycles. The van der Waals surface area contributed by atoms with Crippen molar-refractivity contribution >= 4 is 27.6 Å². The molecule has 2 rings (SSSR count). The Morgan fingerprint density at radius 2 is 1.83 bits per heavy atom. The summed E-state index contributed by atoms with van der Waals surface area (Å²) in [6, 6.07) is 7.38. The molecular weight excluding hydrogens is 414 g/mol. The Labute approximate surface area is 179 Å². The minimum Gasteiger partial charge on any atom is -0.492 e. The van der Waals surface area contributed by atoms with E-state index in [0.717, 1.165) is 44.4 Å². The van der Waals surface area contributed by atoms with Crippen LogP contribution in [0.25, 0.3) is 0 Å². The van der Waals surface area contributed by atoms with Crippen molar-refractivity contribution in [3.05, 3.63) is 29.3 Å². The largest absolute Gasteiger partial charge is 0.492 e. The van der Waals surface area contributed by atoms with Crippen molar-refractivity contribution in [1.82, 2.24) is 19.8 Å². The molecule has 1 aromatic rings. The van der Waals surface area contributed by atoms with Gasteiger partial charge in [-0.3, -0.25) is 9.89 Å². The Bertz CT molecular complexity index is 776. The Kier molecular flexibility index (Phi) is 8.57. The van der Waals surface area contributed by atoms with Crippen LogP contribution in [0.2, 0.25) is 5.02 Å². The summed E-state index contributed by atoms with van der Waals surface area (Å²) in [6.45, 7) is 9.13. The predicted molar refractivity (Wildman–Crippen MR) is 118 cm³/mol. The highest BCUT2D eigenvalue weighted by molar-refractivity contribution is 7.88. The maximum Gasteiger partial charge on any atom is 0.209 e. The summed E-state index contributed by atoms with van der Waals surface area (Å²) in [4.78, 5) is 8.89. The molecule has 0 spiro atoms. The molecule has 1 heterocycles. The molecule has 2 N–H and O–H groups in total. The summed E-state index contributed by atoms with van der Waals surface area (Å²) in [5.74, 6) is 1.60. The van der Waals surface area contributed by atoms with E-state index in [1.54, 1.807) is 7.05 Å². The van der Waals surface area contributed by atoms with E-state index in [1.807, 2.05) is 38.1 Å². The van der Waals surface area contributed by atoms with Crippen molar-refractivity contribution in [2.24, 2.45) is 4.99 Å². The van der Waals surface area contributed by atoms with E-state index in [9.17, 15) is 8.42 Å². The Balaban J connectivity index is 1.73. The first-order valence-electron chi connectivity index (χ1n) is 9.63. The molecule has 164 valence electrons. The minimum atomic E-state index is -3.27. The lowest BCUT2D eigenvalue weighted by Crippen LogP contribution is -2.57. The van der Waals surface area contributed by atoms with Crippen molar-refractivity contribution in [3.8, 4) is 5.75 Å². The van der Waals surface area contributed by atoms with Crippen molar-refractivity contribution in [2.45, 2.75) is 19.4 Å². The van der Waals surface area contributed by atoms with E-state index in [0.29, 0.717) is 18.2 Å². The molecule has 8 nitrogen and oxygen atoms in total. The maximum atomic E-state index is 11.5. The van der Waals surface area contributed by atoms with Gasteiger partial charge >= 0.3 is 0 Å². The number of guanidine groups is 1. The van der Waals surface area contributed by atoms with E-state index in [-0.39, 0.29) is 0 Å². The second-order valence-electron chi connectivity index (χ2n) is 7.79. The number of hydrogen-bond acceptors (Lipinski definition) is 5. The average molecular weight is 446 g/mol. The maximum absolute atomic E-state index is 11.5. The third kappa shape index (κ3) is 8.77. The van der Waals surface area contributed by atoms with E-state index in [2.05, 4.69) is 24.8 Å². The fourth-order valence-corrected chi connectivity index (χ4v) is 4.38. The molecule has 0 aliphatic carbocycles. The van der Waals surface area contributed by atoms with Crippen LogP contribution in [0.15, 0.2) is 29.3 Å². The number of aliphatic imine (C=N–C) groups is 1. The minimum absolute atomic E-state index is 0.446. The lowest BCUT2D eigenvalue weighted by Gasteiger charge is -2.37. The van der Waals surface area contributed by atoms with E-state index < -0.39 is 15.6 Å². The lowest BCUT2D eigenvalue weighted by atomic mass is 10.1. The third-order valence-electron chi connectivity index (χ3n) is 4.52. The van der Waals surface area contributed by atoms with Gasteiger partial charge in [0.25, 0.3) is 0 Å². The van der Waals surface area contributed by atoms with Gasteiger partial charge in [0.1, 0.15) is 12.4 Å². The van der Waals surface area contributed by atoms with Gasteiger partial charge in [0.2, 0.25) is 10.0 Å². The lowest BCUT2D eigenvalue weighted by molar-refractivity contribution is 0.152. The van der Waals surface area contributed by atoms with Crippen LogP contribution in [-0.2, 0) is 10.0 Å². The van der Waals surface area contributed by atoms with Gasteiger partial charge in [0.05, 0.1) is 6.26 Å². The number of hydrogen-bond donors (Lipinski definition) is 2. The average Bonchev–Trinajstić information content (AvgIpc) is 2.63. The first-order chi connectivity index (χ1) is 13.6.